The largest absolute Gasteiger partial charge is 0.484 e. The summed E-state index contributed by atoms with van der Waals surface area (Å²) < 4.78 is 34.7. The van der Waals surface area contributed by atoms with Crippen molar-refractivity contribution < 1.29 is 23.0 Å². The molecule has 6 heteroatoms. The summed E-state index contributed by atoms with van der Waals surface area (Å²) in [5, 5.41) is 2.94. The maximum absolute atomic E-state index is 12.5. The van der Waals surface area contributed by atoms with Gasteiger partial charge in [0.15, 0.2) is 6.61 Å². The van der Waals surface area contributed by atoms with E-state index in [0.29, 0.717) is 5.75 Å². The zero-order valence-electron chi connectivity index (χ0n) is 15.8. The van der Waals surface area contributed by atoms with E-state index in [-0.39, 0.29) is 18.3 Å². The Morgan fingerprint density at radius 1 is 0.897 bits per heavy atom. The Hall–Kier alpha value is -3.41. The monoisotopic (exact) mass is 397 g/mol. The van der Waals surface area contributed by atoms with Gasteiger partial charge in [0.1, 0.15) is 11.5 Å². The zero-order valence-corrected chi connectivity index (χ0v) is 15.8. The lowest BCUT2D eigenvalue weighted by molar-refractivity contribution is -0.123. The first kappa shape index (κ1) is 20.3. The third-order valence-corrected chi connectivity index (χ3v) is 4.24. The van der Waals surface area contributed by atoms with Gasteiger partial charge in [0.25, 0.3) is 5.91 Å². The second-order valence-corrected chi connectivity index (χ2v) is 6.46. The molecule has 0 aliphatic heterocycles. The molecule has 4 nitrogen and oxygen atoms in total. The zero-order chi connectivity index (χ0) is 20.6. The summed E-state index contributed by atoms with van der Waals surface area (Å²) in [5.41, 5.74) is 2.64. The number of alkyl halides is 2. The predicted molar refractivity (Wildman–Crippen MR) is 106 cm³/mol. The van der Waals surface area contributed by atoms with Gasteiger partial charge in [0, 0.05) is 0 Å². The maximum Gasteiger partial charge on any atom is 0.387 e. The average Bonchev–Trinajstić information content (AvgIpc) is 2.71. The molecule has 0 radical (unpaired) electrons. The lowest BCUT2D eigenvalue weighted by Crippen LogP contribution is -2.33. The Bertz CT molecular complexity index is 930. The fourth-order valence-electron chi connectivity index (χ4n) is 2.90. The molecule has 0 fully saturated rings. The molecule has 0 aliphatic rings. The van der Waals surface area contributed by atoms with Crippen molar-refractivity contribution in [1.82, 2.24) is 5.32 Å². The second-order valence-electron chi connectivity index (χ2n) is 6.46. The molecular formula is C23H21F2NO3. The fraction of sp³-hybridized carbons (Fsp3) is 0.174. The number of hydrogen-bond acceptors (Lipinski definition) is 3. The SMILES string of the molecule is Cc1cccc(OCC(=O)N[C@@H](c2ccccc2)c2ccc(OC(F)F)cc2)c1. The molecule has 0 heterocycles. The molecule has 0 spiro atoms. The van der Waals surface area contributed by atoms with Crippen LogP contribution in [-0.4, -0.2) is 19.1 Å². The van der Waals surface area contributed by atoms with Crippen LogP contribution in [0.3, 0.4) is 0 Å². The Morgan fingerprint density at radius 2 is 1.59 bits per heavy atom. The van der Waals surface area contributed by atoms with Crippen LogP contribution in [0.1, 0.15) is 22.7 Å². The van der Waals surface area contributed by atoms with Gasteiger partial charge < -0.3 is 14.8 Å². The molecule has 0 saturated heterocycles. The highest BCUT2D eigenvalue weighted by Gasteiger charge is 2.17. The predicted octanol–water partition coefficient (Wildman–Crippen LogP) is 4.88. The summed E-state index contributed by atoms with van der Waals surface area (Å²) in [7, 11) is 0. The van der Waals surface area contributed by atoms with Crippen LogP contribution in [0.4, 0.5) is 8.78 Å². The third kappa shape index (κ3) is 6.04. The van der Waals surface area contributed by atoms with Crippen LogP contribution < -0.4 is 14.8 Å². The molecule has 0 aromatic heterocycles. The Morgan fingerprint density at radius 3 is 2.24 bits per heavy atom. The van der Waals surface area contributed by atoms with Crippen LogP contribution in [0.2, 0.25) is 0 Å². The maximum atomic E-state index is 12.5. The van der Waals surface area contributed by atoms with E-state index in [1.807, 2.05) is 55.5 Å². The molecule has 0 bridgehead atoms. The third-order valence-electron chi connectivity index (χ3n) is 4.24. The minimum Gasteiger partial charge on any atom is -0.484 e. The normalized spacial score (nSPS) is 11.7. The highest BCUT2D eigenvalue weighted by molar-refractivity contribution is 5.78. The van der Waals surface area contributed by atoms with E-state index in [2.05, 4.69) is 10.1 Å². The molecule has 0 aliphatic carbocycles. The number of ether oxygens (including phenoxy) is 2. The molecule has 0 saturated carbocycles. The smallest absolute Gasteiger partial charge is 0.387 e. The number of carbonyl (C=O) groups excluding carboxylic acids is 1. The average molecular weight is 397 g/mol. The number of halogens is 2. The van der Waals surface area contributed by atoms with Gasteiger partial charge >= 0.3 is 6.61 Å². The summed E-state index contributed by atoms with van der Waals surface area (Å²) in [6, 6.07) is 22.6. The van der Waals surface area contributed by atoms with Crippen molar-refractivity contribution in [3.63, 3.8) is 0 Å². The van der Waals surface area contributed by atoms with Gasteiger partial charge in [0.05, 0.1) is 6.04 Å². The van der Waals surface area contributed by atoms with Crippen LogP contribution in [-0.2, 0) is 4.79 Å². The highest BCUT2D eigenvalue weighted by Crippen LogP contribution is 2.25. The van der Waals surface area contributed by atoms with Crippen molar-refractivity contribution in [2.75, 3.05) is 6.61 Å². The van der Waals surface area contributed by atoms with E-state index in [0.717, 1.165) is 16.7 Å². The molecule has 150 valence electrons. The van der Waals surface area contributed by atoms with E-state index in [1.54, 1.807) is 18.2 Å². The van der Waals surface area contributed by atoms with Crippen molar-refractivity contribution in [2.24, 2.45) is 0 Å². The first-order chi connectivity index (χ1) is 14.0. The highest BCUT2D eigenvalue weighted by atomic mass is 19.3. The van der Waals surface area contributed by atoms with E-state index in [1.165, 1.54) is 12.1 Å². The van der Waals surface area contributed by atoms with Gasteiger partial charge in [-0.05, 0) is 47.9 Å². The van der Waals surface area contributed by atoms with Gasteiger partial charge in [-0.2, -0.15) is 8.78 Å². The first-order valence-corrected chi connectivity index (χ1v) is 9.10. The van der Waals surface area contributed by atoms with Crippen LogP contribution in [0.25, 0.3) is 0 Å². The Labute approximate surface area is 168 Å². The Kier molecular flexibility index (Phi) is 6.79. The van der Waals surface area contributed by atoms with Crippen LogP contribution >= 0.6 is 0 Å². The number of rotatable bonds is 8. The molecule has 3 aromatic rings. The van der Waals surface area contributed by atoms with E-state index in [4.69, 9.17) is 4.74 Å². The van der Waals surface area contributed by atoms with Gasteiger partial charge in [-0.15, -0.1) is 0 Å². The van der Waals surface area contributed by atoms with E-state index >= 15 is 0 Å². The van der Waals surface area contributed by atoms with Crippen molar-refractivity contribution in [1.29, 1.82) is 0 Å². The van der Waals surface area contributed by atoms with Crippen LogP contribution in [0.5, 0.6) is 11.5 Å². The second kappa shape index (κ2) is 9.68. The quantitative estimate of drug-likeness (QED) is 0.589. The summed E-state index contributed by atoms with van der Waals surface area (Å²) in [5.74, 6) is 0.378. The molecule has 3 rings (SSSR count). The molecule has 0 unspecified atom stereocenters. The molecule has 1 atom stereocenters. The van der Waals surface area contributed by atoms with Gasteiger partial charge in [0.2, 0.25) is 0 Å². The fourth-order valence-corrected chi connectivity index (χ4v) is 2.90. The van der Waals surface area contributed by atoms with Crippen molar-refractivity contribution in [3.8, 4) is 11.5 Å². The first-order valence-electron chi connectivity index (χ1n) is 9.10. The van der Waals surface area contributed by atoms with Gasteiger partial charge in [-0.25, -0.2) is 0 Å². The number of aryl methyl sites for hydroxylation is 1. The number of benzene rings is 3. The topological polar surface area (TPSA) is 47.6 Å². The summed E-state index contributed by atoms with van der Waals surface area (Å²) in [6.07, 6.45) is 0. The minimum absolute atomic E-state index is 0.0599. The number of hydrogen-bond donors (Lipinski definition) is 1. The molecule has 3 aromatic carbocycles. The van der Waals surface area contributed by atoms with E-state index in [9.17, 15) is 13.6 Å². The van der Waals surface area contributed by atoms with Crippen molar-refractivity contribution in [2.45, 2.75) is 19.6 Å². The molecule has 29 heavy (non-hydrogen) atoms. The lowest BCUT2D eigenvalue weighted by atomic mass is 9.98. The summed E-state index contributed by atoms with van der Waals surface area (Å²) in [6.45, 7) is -1.08. The summed E-state index contributed by atoms with van der Waals surface area (Å²) in [4.78, 5) is 12.5. The molecule has 1 N–H and O–H groups in total. The van der Waals surface area contributed by atoms with Gasteiger partial charge in [-0.3, -0.25) is 4.79 Å². The standard InChI is InChI=1S/C23H21F2NO3/c1-16-6-5-9-20(14-16)28-15-21(27)26-22(17-7-3-2-4-8-17)18-10-12-19(13-11-18)29-23(24)25/h2-14,22-23H,15H2,1H3,(H,26,27)/t22-/m0/s1. The minimum atomic E-state index is -2.88. The Balaban J connectivity index is 1.73. The number of nitrogens with one attached hydrogen (secondary N) is 1. The van der Waals surface area contributed by atoms with Crippen LogP contribution in [0.15, 0.2) is 78.9 Å². The number of amides is 1. The van der Waals surface area contributed by atoms with Crippen molar-refractivity contribution in [3.05, 3.63) is 95.6 Å². The van der Waals surface area contributed by atoms with Crippen molar-refractivity contribution >= 4 is 5.91 Å². The molecular weight excluding hydrogens is 376 g/mol. The lowest BCUT2D eigenvalue weighted by Gasteiger charge is -2.20. The van der Waals surface area contributed by atoms with Crippen LogP contribution in [0, 0.1) is 6.92 Å². The number of carbonyl (C=O) groups is 1. The van der Waals surface area contributed by atoms with Gasteiger partial charge in [-0.1, -0.05) is 54.6 Å². The van der Waals surface area contributed by atoms with E-state index < -0.39 is 12.7 Å². The summed E-state index contributed by atoms with van der Waals surface area (Å²) >= 11 is 0. The molecule has 1 amide bonds.